The lowest BCUT2D eigenvalue weighted by molar-refractivity contribution is 0.227. The molecule has 4 aromatic heterocycles. The van der Waals surface area contributed by atoms with E-state index < -0.39 is 20.5 Å². The molecule has 0 aliphatic rings. The maximum atomic E-state index is 11.3. The first-order chi connectivity index (χ1) is 58.1. The first-order valence-electron chi connectivity index (χ1n) is 35.2. The molecule has 0 unspecified atom stereocenters. The molecule has 0 radical (unpaired) electrons. The number of pyridine rings is 4. The zero-order valence-electron chi connectivity index (χ0n) is 73.0. The minimum absolute atomic E-state index is 0. The van der Waals surface area contributed by atoms with Crippen LogP contribution in [0, 0.1) is 0 Å². The molecule has 0 N–H and O–H groups in total. The molecule has 0 bridgehead atoms. The number of alkyl halides is 12. The number of hydrogen-bond acceptors (Lipinski definition) is 30. The summed E-state index contributed by atoms with van der Waals surface area (Å²) in [6, 6.07) is 0. The SMILES string of the molecule is C.C.C.C.C.C.C.C.CCN(CC)CC.CCN(CC)CC.CCN(CC)CC.CCN(CC)CC.CN(C)C(=S)Cl.COC(=S)Cl.COC(=S)Oc1c(Cl)c(OC)nc(C(Cl)(Cl)Cl)c1Cl.COc1nc(C(Cl)(Cl)Cl)c(Cl)c(OC(=O)SC)c1Cl.COc1nc(C(Cl)(Cl)Cl)c(Cl)c(OC(=S)N(C)C)c1Cl.COc1nc(C(Cl)(Cl)Cl)c(Cl)c(OC(=S)SC)c1Cl.CSC(=O)Cl.CSC(=S)Cl. The molecule has 56 heteroatoms. The van der Waals surface area contributed by atoms with Crippen molar-refractivity contribution in [3.05, 3.63) is 63.0 Å². The zero-order chi connectivity index (χ0) is 101. The topological polar surface area (TPSA) is 197 Å². The molecular formula is C78H134Cl24N10O12S10. The minimum atomic E-state index is -1.92. The molecule has 0 atom stereocenters. The number of thiocarbonyl (C=S) groups is 6. The summed E-state index contributed by atoms with van der Waals surface area (Å²) < 4.78 is 42.9. The van der Waals surface area contributed by atoms with Gasteiger partial charge < -0.3 is 76.8 Å². The maximum absolute atomic E-state index is 11.3. The average molecular weight is 2580 g/mol. The van der Waals surface area contributed by atoms with Gasteiger partial charge in [0.25, 0.3) is 14.3 Å². The van der Waals surface area contributed by atoms with Crippen LogP contribution in [0.5, 0.6) is 46.5 Å². The molecule has 4 aromatic rings. The lowest BCUT2D eigenvalue weighted by Gasteiger charge is -2.20. The van der Waals surface area contributed by atoms with Gasteiger partial charge in [0, 0.05) is 40.4 Å². The molecule has 0 amide bonds. The number of aromatic nitrogens is 4. The molecular weight excluding hydrogens is 2440 g/mol. The quantitative estimate of drug-likeness (QED) is 0.0266. The van der Waals surface area contributed by atoms with Gasteiger partial charge in [0.15, 0.2) is 27.4 Å². The molecule has 0 spiro atoms. The Morgan fingerprint density at radius 3 is 0.642 bits per heavy atom. The molecule has 134 heavy (non-hydrogen) atoms. The van der Waals surface area contributed by atoms with Crippen LogP contribution in [-0.2, 0) is 24.6 Å². The fraction of sp³-hybridized carbons (Fsp3) is 0.641. The van der Waals surface area contributed by atoms with Gasteiger partial charge in [-0.25, -0.2) is 24.7 Å². The number of nitrogens with zero attached hydrogens (tertiary/aromatic N) is 10. The Morgan fingerprint density at radius 1 is 0.321 bits per heavy atom. The first kappa shape index (κ1) is 172. The van der Waals surface area contributed by atoms with Crippen molar-refractivity contribution in [2.75, 3.05) is 174 Å². The predicted octanol–water partition coefficient (Wildman–Crippen LogP) is 35.6. The van der Waals surface area contributed by atoms with Crippen LogP contribution in [0.4, 0.5) is 9.59 Å². The highest BCUT2D eigenvalue weighted by Crippen LogP contribution is 2.53. The monoisotopic (exact) mass is 2560 g/mol. The van der Waals surface area contributed by atoms with Gasteiger partial charge in [-0.1, -0.05) is 433 Å². The van der Waals surface area contributed by atoms with Gasteiger partial charge in [0.2, 0.25) is 43.1 Å². The highest BCUT2D eigenvalue weighted by atomic mass is 35.6. The third-order valence-corrected chi connectivity index (χ3v) is 23.8. The number of hydrogen-bond donors (Lipinski definition) is 0. The summed E-state index contributed by atoms with van der Waals surface area (Å²) in [6.45, 7) is 40.5. The number of thioether (sulfide) groups is 4. The Kier molecular flexibility index (Phi) is 125. The predicted molar refractivity (Wildman–Crippen MR) is 636 cm³/mol. The summed E-state index contributed by atoms with van der Waals surface area (Å²) in [7, 11) is 15.1. The molecule has 796 valence electrons. The fourth-order valence-electron chi connectivity index (χ4n) is 6.89. The highest BCUT2D eigenvalue weighted by molar-refractivity contribution is 8.26. The van der Waals surface area contributed by atoms with Crippen LogP contribution in [-0.4, -0.2) is 261 Å². The van der Waals surface area contributed by atoms with Crippen molar-refractivity contribution in [2.24, 2.45) is 0 Å². The zero-order valence-corrected chi connectivity index (χ0v) is 99.3. The van der Waals surface area contributed by atoms with Gasteiger partial charge >= 0.3 is 10.5 Å². The molecule has 0 aliphatic heterocycles. The van der Waals surface area contributed by atoms with Crippen LogP contribution in [0.2, 0.25) is 40.2 Å². The van der Waals surface area contributed by atoms with Crippen molar-refractivity contribution in [1.82, 2.24) is 49.3 Å². The van der Waals surface area contributed by atoms with Gasteiger partial charge in [-0.15, -0.1) is 11.8 Å². The maximum Gasteiger partial charge on any atom is 0.372 e. The number of carbonyl (C=O) groups excluding carboxylic acids is 2. The first-order valence-corrected chi connectivity index (χ1v) is 51.6. The second kappa shape index (κ2) is 97.4. The third kappa shape index (κ3) is 78.5. The van der Waals surface area contributed by atoms with Crippen LogP contribution in [0.15, 0.2) is 0 Å². The molecule has 4 heterocycles. The summed E-state index contributed by atoms with van der Waals surface area (Å²) in [5.74, 6) is -0.256. The van der Waals surface area contributed by atoms with Crippen LogP contribution < -0.4 is 37.9 Å². The second-order valence-electron chi connectivity index (χ2n) is 21.6. The molecule has 0 saturated carbocycles. The second-order valence-corrected chi connectivity index (χ2v) is 42.1. The van der Waals surface area contributed by atoms with Gasteiger partial charge in [-0.05, 0) is 187 Å². The van der Waals surface area contributed by atoms with Gasteiger partial charge in [0.1, 0.15) is 66.6 Å². The van der Waals surface area contributed by atoms with Gasteiger partial charge in [-0.3, -0.25) is 4.79 Å². The van der Waals surface area contributed by atoms with E-state index in [1.165, 1.54) is 151 Å². The van der Waals surface area contributed by atoms with Crippen LogP contribution in [0.1, 0.15) is 165 Å². The highest BCUT2D eigenvalue weighted by Gasteiger charge is 2.37. The summed E-state index contributed by atoms with van der Waals surface area (Å²) >= 11 is 170. The molecule has 0 aromatic carbocycles. The standard InChI is InChI=1S/C10H9Cl5N2O2S.2C9H6Cl5NO3S.C9H6Cl5NO2S2.4C6H15N.C3H6ClNS.2C2H3ClOS.C2H3ClS2.8CH4/c1-17(2)9(20)19-6-4(11)7(10(13,14)15)16-8(18-3)5(6)12;1-17-7-4(11)5(18-8(16)19-2)3(10)6(15-7)9(12,13)14;1-16-7-4(11)5(18-8(19)17-2)3(10)6(15-7)9(12,13)14;1-16-7-4(11)5(17-8(18)19-2)3(10)6(15-7)9(12,13)14;4*1-4-7(5-2)6-3;1-5(2)3(4)6;1-5-2(3)4;1-4-2(3)5;1-5-2(3)4;;;;;;;;/h1-3H3;3*1-2H3;4*4-6H2,1-3H3;1-2H3;3*1H3;8*1H4. The number of methoxy groups -OCH3 is 6. The Hall–Kier alpha value is 2.28. The Morgan fingerprint density at radius 2 is 0.515 bits per heavy atom. The van der Waals surface area contributed by atoms with E-state index in [4.69, 9.17) is 358 Å². The molecule has 0 saturated heterocycles. The van der Waals surface area contributed by atoms with E-state index in [-0.39, 0.29) is 193 Å². The van der Waals surface area contributed by atoms with Crippen molar-refractivity contribution in [3.63, 3.8) is 0 Å². The van der Waals surface area contributed by atoms with Crippen LogP contribution >= 0.6 is 399 Å². The molecule has 0 aliphatic carbocycles. The van der Waals surface area contributed by atoms with Gasteiger partial charge in [0.05, 0.1) is 42.7 Å². The van der Waals surface area contributed by atoms with Crippen LogP contribution in [0.25, 0.3) is 0 Å². The van der Waals surface area contributed by atoms with Crippen molar-refractivity contribution in [2.45, 2.75) is 158 Å². The normalized spacial score (nSPS) is 9.78. The number of halogens is 24. The summed E-state index contributed by atoms with van der Waals surface area (Å²) in [5, 5.41) is -1.14. The summed E-state index contributed by atoms with van der Waals surface area (Å²) in [4.78, 5) is 49.2. The van der Waals surface area contributed by atoms with Crippen molar-refractivity contribution in [3.8, 4) is 46.5 Å². The Bertz CT molecular complexity index is 3520. The van der Waals surface area contributed by atoms with E-state index in [1.807, 2.05) is 6.26 Å². The summed E-state index contributed by atoms with van der Waals surface area (Å²) in [5.41, 5.74) is -0.375. The van der Waals surface area contributed by atoms with Crippen molar-refractivity contribution in [1.29, 1.82) is 0 Å². The smallest absolute Gasteiger partial charge is 0.372 e. The van der Waals surface area contributed by atoms with E-state index >= 15 is 0 Å². The Labute approximate surface area is 972 Å². The molecule has 0 fully saturated rings. The lowest BCUT2D eigenvalue weighted by atomic mass is 10.3. The van der Waals surface area contributed by atoms with Crippen molar-refractivity contribution < 1.29 is 57.0 Å². The third-order valence-electron chi connectivity index (χ3n) is 13.7. The largest absolute Gasteiger partial charge is 0.480 e. The van der Waals surface area contributed by atoms with Crippen LogP contribution in [0.3, 0.4) is 0 Å². The number of rotatable bonds is 20. The van der Waals surface area contributed by atoms with Crippen molar-refractivity contribution >= 4 is 436 Å². The molecule has 22 nitrogen and oxygen atoms in total. The van der Waals surface area contributed by atoms with E-state index in [1.54, 1.807) is 50.5 Å². The molecule has 4 rings (SSSR count). The lowest BCUT2D eigenvalue weighted by Crippen LogP contribution is -2.25. The van der Waals surface area contributed by atoms with Gasteiger partial charge in [-0.2, -0.15) is 0 Å². The van der Waals surface area contributed by atoms with E-state index in [0.717, 1.165) is 23.5 Å². The fourth-order valence-corrected chi connectivity index (χ4v) is 12.2. The minimum Gasteiger partial charge on any atom is -0.480 e. The van der Waals surface area contributed by atoms with E-state index in [2.05, 4.69) is 164 Å². The van der Waals surface area contributed by atoms with E-state index in [9.17, 15) is 9.59 Å². The number of ether oxygens (including phenoxy) is 10. The number of carbonyl (C=O) groups is 2. The average Bonchev–Trinajstić information content (AvgIpc) is 0.790. The Balaban J connectivity index is -0.0000000836. The summed E-state index contributed by atoms with van der Waals surface area (Å²) in [6.07, 6.45) is 6.74. The van der Waals surface area contributed by atoms with E-state index in [0.29, 0.717) is 8.10 Å².